The highest BCUT2D eigenvalue weighted by Gasteiger charge is 2.37. The lowest BCUT2D eigenvalue weighted by atomic mass is 9.89. The van der Waals surface area contributed by atoms with Crippen molar-refractivity contribution in [3.63, 3.8) is 0 Å². The van der Waals surface area contributed by atoms with Crippen molar-refractivity contribution in [3.8, 4) is 0 Å². The van der Waals surface area contributed by atoms with E-state index < -0.39 is 12.2 Å². The molecule has 0 unspecified atom stereocenters. The van der Waals surface area contributed by atoms with Gasteiger partial charge in [-0.25, -0.2) is 0 Å². The average Bonchev–Trinajstić information content (AvgIpc) is 2.78. The van der Waals surface area contributed by atoms with Crippen LogP contribution in [0.5, 0.6) is 0 Å². The van der Waals surface area contributed by atoms with Crippen molar-refractivity contribution in [2.24, 2.45) is 11.7 Å². The number of fused-ring (bicyclic) bond motifs is 1. The second-order valence-corrected chi connectivity index (χ2v) is 5.84. The molecule has 1 aliphatic rings. The molecule has 0 aromatic heterocycles. The first kappa shape index (κ1) is 13.6. The SMILES string of the molecule is N[C@@H](Cc1ccc2ccccc2c1)C1[C@@H](O)CC[C@@H]1O. The Morgan fingerprint density at radius 2 is 1.65 bits per heavy atom. The van der Waals surface area contributed by atoms with Crippen molar-refractivity contribution in [2.75, 3.05) is 0 Å². The fourth-order valence-corrected chi connectivity index (χ4v) is 3.33. The molecule has 0 bridgehead atoms. The molecule has 4 N–H and O–H groups in total. The molecule has 2 aromatic rings. The molecular formula is C17H21NO2. The number of aliphatic hydroxyl groups excluding tert-OH is 2. The van der Waals surface area contributed by atoms with Crippen molar-refractivity contribution in [1.82, 2.24) is 0 Å². The zero-order valence-electron chi connectivity index (χ0n) is 11.4. The second-order valence-electron chi connectivity index (χ2n) is 5.84. The predicted octanol–water partition coefficient (Wildman–Crippen LogP) is 1.84. The topological polar surface area (TPSA) is 66.5 Å². The summed E-state index contributed by atoms with van der Waals surface area (Å²) in [6, 6.07) is 14.3. The van der Waals surface area contributed by atoms with Crippen molar-refractivity contribution in [2.45, 2.75) is 37.5 Å². The van der Waals surface area contributed by atoms with Gasteiger partial charge in [0, 0.05) is 12.0 Å². The Morgan fingerprint density at radius 3 is 2.35 bits per heavy atom. The zero-order chi connectivity index (χ0) is 14.1. The third-order valence-corrected chi connectivity index (χ3v) is 4.43. The second kappa shape index (κ2) is 5.52. The molecule has 3 rings (SSSR count). The van der Waals surface area contributed by atoms with Gasteiger partial charge in [-0.05, 0) is 35.6 Å². The van der Waals surface area contributed by atoms with Gasteiger partial charge in [-0.2, -0.15) is 0 Å². The molecule has 0 spiro atoms. The van der Waals surface area contributed by atoms with Crippen LogP contribution < -0.4 is 5.73 Å². The summed E-state index contributed by atoms with van der Waals surface area (Å²) in [6.07, 6.45) is 1.04. The van der Waals surface area contributed by atoms with E-state index in [0.717, 1.165) is 5.56 Å². The van der Waals surface area contributed by atoms with E-state index in [1.165, 1.54) is 10.8 Å². The molecule has 1 aliphatic carbocycles. The molecule has 1 fully saturated rings. The molecular weight excluding hydrogens is 250 g/mol. The standard InChI is InChI=1S/C17H21NO2/c18-14(17-15(19)7-8-16(17)20)10-11-5-6-12-3-1-2-4-13(12)9-11/h1-6,9,14-17,19-20H,7-8,10,18H2/t14-,15-,16-/m0/s1. The van der Waals surface area contributed by atoms with Gasteiger partial charge in [0.1, 0.15) is 0 Å². The van der Waals surface area contributed by atoms with Crippen LogP contribution in [0.3, 0.4) is 0 Å². The van der Waals surface area contributed by atoms with Crippen LogP contribution in [-0.2, 0) is 6.42 Å². The molecule has 1 saturated carbocycles. The molecule has 106 valence electrons. The molecule has 20 heavy (non-hydrogen) atoms. The van der Waals surface area contributed by atoms with E-state index >= 15 is 0 Å². The third kappa shape index (κ3) is 2.57. The van der Waals surface area contributed by atoms with Crippen LogP contribution in [0.15, 0.2) is 42.5 Å². The van der Waals surface area contributed by atoms with Crippen LogP contribution in [0.4, 0.5) is 0 Å². The van der Waals surface area contributed by atoms with E-state index in [1.54, 1.807) is 0 Å². The molecule has 3 nitrogen and oxygen atoms in total. The van der Waals surface area contributed by atoms with E-state index in [4.69, 9.17) is 5.73 Å². The molecule has 0 saturated heterocycles. The van der Waals surface area contributed by atoms with Gasteiger partial charge in [0.05, 0.1) is 12.2 Å². The lowest BCUT2D eigenvalue weighted by Crippen LogP contribution is -2.41. The summed E-state index contributed by atoms with van der Waals surface area (Å²) in [5.41, 5.74) is 7.37. The zero-order valence-corrected chi connectivity index (χ0v) is 11.4. The fraction of sp³-hybridized carbons (Fsp3) is 0.412. The molecule has 2 aromatic carbocycles. The quantitative estimate of drug-likeness (QED) is 0.798. The van der Waals surface area contributed by atoms with Crippen molar-refractivity contribution in [3.05, 3.63) is 48.0 Å². The summed E-state index contributed by atoms with van der Waals surface area (Å²) in [5, 5.41) is 22.3. The maximum atomic E-state index is 9.94. The Hall–Kier alpha value is -1.42. The number of nitrogens with two attached hydrogens (primary N) is 1. The number of hydrogen-bond donors (Lipinski definition) is 3. The summed E-state index contributed by atoms with van der Waals surface area (Å²) in [4.78, 5) is 0. The third-order valence-electron chi connectivity index (χ3n) is 4.43. The van der Waals surface area contributed by atoms with Gasteiger partial charge in [-0.15, -0.1) is 0 Å². The minimum atomic E-state index is -0.472. The van der Waals surface area contributed by atoms with Gasteiger partial charge in [0.25, 0.3) is 0 Å². The highest BCUT2D eigenvalue weighted by atomic mass is 16.3. The largest absolute Gasteiger partial charge is 0.393 e. The smallest absolute Gasteiger partial charge is 0.0609 e. The Bertz CT molecular complexity index is 588. The van der Waals surface area contributed by atoms with Crippen LogP contribution >= 0.6 is 0 Å². The highest BCUT2D eigenvalue weighted by molar-refractivity contribution is 5.82. The molecule has 0 amide bonds. The Morgan fingerprint density at radius 1 is 1.00 bits per heavy atom. The van der Waals surface area contributed by atoms with Crippen LogP contribution in [0.2, 0.25) is 0 Å². The highest BCUT2D eigenvalue weighted by Crippen LogP contribution is 2.30. The Balaban J connectivity index is 1.78. The molecule has 0 aliphatic heterocycles. The summed E-state index contributed by atoms with van der Waals surface area (Å²) < 4.78 is 0. The summed E-state index contributed by atoms with van der Waals surface area (Å²) in [6.45, 7) is 0. The predicted molar refractivity (Wildman–Crippen MR) is 80.4 cm³/mol. The number of rotatable bonds is 3. The molecule has 0 heterocycles. The number of hydrogen-bond acceptors (Lipinski definition) is 3. The average molecular weight is 271 g/mol. The number of benzene rings is 2. The first-order chi connectivity index (χ1) is 9.65. The first-order valence-corrected chi connectivity index (χ1v) is 7.24. The minimum Gasteiger partial charge on any atom is -0.393 e. The van der Waals surface area contributed by atoms with Crippen LogP contribution in [0.25, 0.3) is 10.8 Å². The summed E-state index contributed by atoms with van der Waals surface area (Å²) >= 11 is 0. The van der Waals surface area contributed by atoms with Gasteiger partial charge < -0.3 is 15.9 Å². The van der Waals surface area contributed by atoms with Crippen molar-refractivity contribution >= 4 is 10.8 Å². The van der Waals surface area contributed by atoms with Gasteiger partial charge in [0.2, 0.25) is 0 Å². The Labute approximate surface area is 119 Å². The van der Waals surface area contributed by atoms with E-state index in [-0.39, 0.29) is 12.0 Å². The Kier molecular flexibility index (Phi) is 3.74. The normalized spacial score (nSPS) is 25.1. The molecule has 3 heteroatoms. The maximum Gasteiger partial charge on any atom is 0.0609 e. The van der Waals surface area contributed by atoms with Crippen LogP contribution in [0.1, 0.15) is 18.4 Å². The van der Waals surface area contributed by atoms with E-state index in [2.05, 4.69) is 30.3 Å². The summed E-state index contributed by atoms with van der Waals surface area (Å²) in [7, 11) is 0. The lowest BCUT2D eigenvalue weighted by Gasteiger charge is -2.25. The van der Waals surface area contributed by atoms with Crippen LogP contribution in [-0.4, -0.2) is 28.5 Å². The van der Waals surface area contributed by atoms with E-state index in [9.17, 15) is 10.2 Å². The van der Waals surface area contributed by atoms with Gasteiger partial charge in [-0.3, -0.25) is 0 Å². The monoisotopic (exact) mass is 271 g/mol. The van der Waals surface area contributed by atoms with Gasteiger partial charge in [0.15, 0.2) is 0 Å². The molecule has 3 atom stereocenters. The molecule has 0 radical (unpaired) electrons. The fourth-order valence-electron chi connectivity index (χ4n) is 3.33. The van der Waals surface area contributed by atoms with Gasteiger partial charge >= 0.3 is 0 Å². The van der Waals surface area contributed by atoms with Gasteiger partial charge in [-0.1, -0.05) is 42.5 Å². The van der Waals surface area contributed by atoms with E-state index in [1.807, 2.05) is 12.1 Å². The van der Waals surface area contributed by atoms with Crippen molar-refractivity contribution in [1.29, 1.82) is 0 Å². The lowest BCUT2D eigenvalue weighted by molar-refractivity contribution is 0.0503. The van der Waals surface area contributed by atoms with Crippen molar-refractivity contribution < 1.29 is 10.2 Å². The first-order valence-electron chi connectivity index (χ1n) is 7.24. The maximum absolute atomic E-state index is 9.94. The number of aliphatic hydroxyl groups is 2. The van der Waals surface area contributed by atoms with E-state index in [0.29, 0.717) is 19.3 Å². The van der Waals surface area contributed by atoms with Crippen LogP contribution in [0, 0.1) is 5.92 Å². The minimum absolute atomic E-state index is 0.205. The summed E-state index contributed by atoms with van der Waals surface area (Å²) in [5.74, 6) is -0.207.